The second-order valence-electron chi connectivity index (χ2n) is 8.63. The van der Waals surface area contributed by atoms with Gasteiger partial charge in [0.25, 0.3) is 0 Å². The van der Waals surface area contributed by atoms with Crippen LogP contribution in [0.4, 0.5) is 4.39 Å². The first kappa shape index (κ1) is 21.7. The number of para-hydroxylation sites is 2. The number of carboxylic acids is 1. The van der Waals surface area contributed by atoms with Gasteiger partial charge in [-0.1, -0.05) is 36.4 Å². The van der Waals surface area contributed by atoms with E-state index in [-0.39, 0.29) is 12.1 Å². The number of aromatic nitrogens is 3. The van der Waals surface area contributed by atoms with Gasteiger partial charge in [-0.15, -0.1) is 0 Å². The highest BCUT2D eigenvalue weighted by atomic mass is 19.1. The molecule has 7 heteroatoms. The molecule has 0 amide bonds. The lowest BCUT2D eigenvalue weighted by atomic mass is 10.0. The molecule has 1 N–H and O–H groups in total. The summed E-state index contributed by atoms with van der Waals surface area (Å²) in [6.07, 6.45) is 1.73. The molecule has 5 aromatic rings. The number of fused-ring (bicyclic) bond motifs is 2. The highest BCUT2D eigenvalue weighted by Gasteiger charge is 2.25. The molecule has 3 aromatic carbocycles. The van der Waals surface area contributed by atoms with Crippen molar-refractivity contribution in [2.75, 3.05) is 0 Å². The Hall–Kier alpha value is -4.13. The van der Waals surface area contributed by atoms with Crippen LogP contribution in [-0.4, -0.2) is 24.8 Å². The van der Waals surface area contributed by atoms with Crippen LogP contribution in [0, 0.1) is 12.7 Å². The molecule has 1 atom stereocenters. The lowest BCUT2D eigenvalue weighted by Gasteiger charge is -2.17. The maximum Gasteiger partial charge on any atom is 0.330 e. The molecule has 0 spiro atoms. The molecular formula is C27H24FN3O3. The monoisotopic (exact) mass is 457 g/mol. The average Bonchev–Trinajstić information content (AvgIpc) is 3.28. The van der Waals surface area contributed by atoms with Crippen LogP contribution in [0.2, 0.25) is 0 Å². The Labute approximate surface area is 195 Å². The maximum absolute atomic E-state index is 13.8. The molecule has 0 fully saturated rings. The summed E-state index contributed by atoms with van der Waals surface area (Å²) in [5.74, 6) is -1.46. The molecule has 0 saturated heterocycles. The number of nitrogens with zero attached hydrogens (tertiary/aromatic N) is 3. The maximum atomic E-state index is 13.8. The zero-order valence-corrected chi connectivity index (χ0v) is 18.9. The van der Waals surface area contributed by atoms with Gasteiger partial charge < -0.3 is 9.67 Å². The normalized spacial score (nSPS) is 12.4. The van der Waals surface area contributed by atoms with Crippen LogP contribution in [0.1, 0.15) is 29.2 Å². The summed E-state index contributed by atoms with van der Waals surface area (Å²) < 4.78 is 18.8. The number of benzene rings is 3. The third-order valence-electron chi connectivity index (χ3n) is 6.43. The SMILES string of the molecule is Cc1cccc2c1c(Cn1c(=O)n(C(CC(=O)O)c3ccc(F)cc3)c3ccccc31)cn2C. The van der Waals surface area contributed by atoms with Crippen molar-refractivity contribution in [1.29, 1.82) is 0 Å². The van der Waals surface area contributed by atoms with Crippen LogP contribution in [0.15, 0.2) is 77.7 Å². The van der Waals surface area contributed by atoms with Crippen LogP contribution in [0.25, 0.3) is 21.9 Å². The van der Waals surface area contributed by atoms with E-state index in [4.69, 9.17) is 0 Å². The number of carboxylic acid groups (broad SMARTS) is 1. The number of aliphatic carboxylic acids is 1. The molecule has 172 valence electrons. The van der Waals surface area contributed by atoms with Crippen molar-refractivity contribution in [2.45, 2.75) is 25.9 Å². The van der Waals surface area contributed by atoms with E-state index < -0.39 is 17.8 Å². The Balaban J connectivity index is 1.72. The first-order valence-electron chi connectivity index (χ1n) is 11.1. The van der Waals surface area contributed by atoms with E-state index in [1.165, 1.54) is 28.8 Å². The number of hydrogen-bond acceptors (Lipinski definition) is 2. The third-order valence-corrected chi connectivity index (χ3v) is 6.43. The molecule has 0 radical (unpaired) electrons. The van der Waals surface area contributed by atoms with E-state index >= 15 is 0 Å². The lowest BCUT2D eigenvalue weighted by molar-refractivity contribution is -0.137. The van der Waals surface area contributed by atoms with Crippen molar-refractivity contribution in [1.82, 2.24) is 13.7 Å². The number of aryl methyl sites for hydroxylation is 2. The number of halogens is 1. The van der Waals surface area contributed by atoms with Crippen molar-refractivity contribution in [2.24, 2.45) is 7.05 Å². The standard InChI is InChI=1S/C27H24FN3O3/c1-17-6-5-9-23-26(17)19(15-29(23)2)16-30-21-7-3-4-8-22(21)31(27(30)34)24(14-25(32)33)18-10-12-20(28)13-11-18/h3-13,15,24H,14,16H2,1-2H3,(H,32,33). The molecular weight excluding hydrogens is 433 g/mol. The topological polar surface area (TPSA) is 69.2 Å². The highest BCUT2D eigenvalue weighted by Crippen LogP contribution is 2.29. The van der Waals surface area contributed by atoms with Gasteiger partial charge in [-0.05, 0) is 53.9 Å². The summed E-state index contributed by atoms with van der Waals surface area (Å²) in [5.41, 5.74) is 4.84. The summed E-state index contributed by atoms with van der Waals surface area (Å²) in [6, 6.07) is 18.4. The second-order valence-corrected chi connectivity index (χ2v) is 8.63. The zero-order valence-electron chi connectivity index (χ0n) is 18.9. The molecule has 2 heterocycles. The van der Waals surface area contributed by atoms with Gasteiger partial charge in [0.2, 0.25) is 0 Å². The summed E-state index contributed by atoms with van der Waals surface area (Å²) in [6.45, 7) is 2.40. The Morgan fingerprint density at radius 1 is 0.971 bits per heavy atom. The van der Waals surface area contributed by atoms with Gasteiger partial charge in [0.15, 0.2) is 0 Å². The van der Waals surface area contributed by atoms with Crippen molar-refractivity contribution in [3.8, 4) is 0 Å². The molecule has 2 aromatic heterocycles. The lowest BCUT2D eigenvalue weighted by Crippen LogP contribution is -2.29. The van der Waals surface area contributed by atoms with E-state index in [0.29, 0.717) is 17.6 Å². The predicted molar refractivity (Wildman–Crippen MR) is 130 cm³/mol. The van der Waals surface area contributed by atoms with Crippen molar-refractivity contribution in [3.63, 3.8) is 0 Å². The van der Waals surface area contributed by atoms with E-state index in [1.54, 1.807) is 4.57 Å². The number of carbonyl (C=O) groups is 1. The summed E-state index contributed by atoms with van der Waals surface area (Å²) in [4.78, 5) is 25.6. The average molecular weight is 458 g/mol. The first-order chi connectivity index (χ1) is 16.3. The molecule has 0 aliphatic carbocycles. The van der Waals surface area contributed by atoms with Crippen LogP contribution in [0.3, 0.4) is 0 Å². The molecule has 0 saturated carbocycles. The molecule has 5 rings (SSSR count). The smallest absolute Gasteiger partial charge is 0.330 e. The molecule has 0 aliphatic rings. The molecule has 0 aliphatic heterocycles. The number of rotatable bonds is 6. The Morgan fingerprint density at radius 2 is 1.65 bits per heavy atom. The van der Waals surface area contributed by atoms with Crippen molar-refractivity contribution in [3.05, 3.63) is 106 Å². The van der Waals surface area contributed by atoms with Crippen LogP contribution in [-0.2, 0) is 18.4 Å². The third kappa shape index (κ3) is 3.59. The second kappa shape index (κ2) is 8.33. The number of hydrogen-bond donors (Lipinski definition) is 1. The Morgan fingerprint density at radius 3 is 2.35 bits per heavy atom. The first-order valence-corrected chi connectivity index (χ1v) is 11.1. The van der Waals surface area contributed by atoms with E-state index in [0.717, 1.165) is 27.5 Å². The van der Waals surface area contributed by atoms with E-state index in [1.807, 2.05) is 48.1 Å². The van der Waals surface area contributed by atoms with Gasteiger partial charge in [-0.3, -0.25) is 13.9 Å². The summed E-state index contributed by atoms with van der Waals surface area (Å²) in [7, 11) is 1.98. The molecule has 1 unspecified atom stereocenters. The van der Waals surface area contributed by atoms with Gasteiger partial charge in [-0.25, -0.2) is 9.18 Å². The Bertz CT molecular complexity index is 1590. The van der Waals surface area contributed by atoms with Gasteiger partial charge in [-0.2, -0.15) is 0 Å². The van der Waals surface area contributed by atoms with Crippen LogP contribution < -0.4 is 5.69 Å². The van der Waals surface area contributed by atoms with E-state index in [9.17, 15) is 19.1 Å². The van der Waals surface area contributed by atoms with Gasteiger partial charge >= 0.3 is 11.7 Å². The zero-order chi connectivity index (χ0) is 24.0. The van der Waals surface area contributed by atoms with Crippen molar-refractivity contribution < 1.29 is 14.3 Å². The largest absolute Gasteiger partial charge is 0.481 e. The van der Waals surface area contributed by atoms with Gasteiger partial charge in [0.1, 0.15) is 5.82 Å². The predicted octanol–water partition coefficient (Wildman–Crippen LogP) is 4.85. The van der Waals surface area contributed by atoms with E-state index in [2.05, 4.69) is 19.1 Å². The van der Waals surface area contributed by atoms with Crippen LogP contribution in [0.5, 0.6) is 0 Å². The fraction of sp³-hybridized carbons (Fsp3) is 0.185. The summed E-state index contributed by atoms with van der Waals surface area (Å²) in [5, 5.41) is 10.7. The minimum Gasteiger partial charge on any atom is -0.481 e. The summed E-state index contributed by atoms with van der Waals surface area (Å²) >= 11 is 0. The molecule has 6 nitrogen and oxygen atoms in total. The Kier molecular flexibility index (Phi) is 5.32. The molecule has 0 bridgehead atoms. The molecule has 34 heavy (non-hydrogen) atoms. The quantitative estimate of drug-likeness (QED) is 0.396. The van der Waals surface area contributed by atoms with Gasteiger partial charge in [0, 0.05) is 24.1 Å². The van der Waals surface area contributed by atoms with Crippen LogP contribution >= 0.6 is 0 Å². The van der Waals surface area contributed by atoms with Crippen molar-refractivity contribution >= 4 is 27.9 Å². The fourth-order valence-electron chi connectivity index (χ4n) is 4.92. The number of imidazole rings is 1. The highest BCUT2D eigenvalue weighted by molar-refractivity contribution is 5.87. The minimum absolute atomic E-state index is 0.299. The van der Waals surface area contributed by atoms with Gasteiger partial charge in [0.05, 0.1) is 30.0 Å². The minimum atomic E-state index is -1.04. The fourth-order valence-corrected chi connectivity index (χ4v) is 4.92.